The van der Waals surface area contributed by atoms with Crippen LogP contribution in [0.15, 0.2) is 71.3 Å². The van der Waals surface area contributed by atoms with Crippen molar-refractivity contribution in [2.45, 2.75) is 6.04 Å². The molecule has 2 aromatic carbocycles. The number of rotatable bonds is 4. The monoisotopic (exact) mass is 299 g/mol. The number of hydrogen-bond donors (Lipinski definition) is 1. The Morgan fingerprint density at radius 1 is 0.952 bits per heavy atom. The van der Waals surface area contributed by atoms with Crippen molar-refractivity contribution >= 4 is 11.6 Å². The minimum atomic E-state index is -0.0634. The summed E-state index contributed by atoms with van der Waals surface area (Å²) in [6, 6.07) is 21.2. The molecule has 1 heterocycles. The molecule has 21 heavy (non-hydrogen) atoms. The van der Waals surface area contributed by atoms with E-state index in [0.29, 0.717) is 5.03 Å². The maximum atomic E-state index is 9.12. The summed E-state index contributed by atoms with van der Waals surface area (Å²) in [6.07, 6.45) is 0. The Kier molecular flexibility index (Phi) is 4.39. The van der Waals surface area contributed by atoms with Gasteiger partial charge in [-0.15, -0.1) is 0 Å². The molecule has 0 atom stereocenters. The third-order valence-electron chi connectivity index (χ3n) is 3.91. The van der Waals surface area contributed by atoms with E-state index in [0.717, 1.165) is 18.7 Å². The van der Waals surface area contributed by atoms with Crippen LogP contribution in [0.2, 0.25) is 0 Å². The van der Waals surface area contributed by atoms with Gasteiger partial charge in [-0.25, -0.2) is 0 Å². The van der Waals surface area contributed by atoms with Crippen molar-refractivity contribution in [2.75, 3.05) is 19.7 Å². The zero-order valence-electron chi connectivity index (χ0n) is 11.7. The molecule has 0 radical (unpaired) electrons. The summed E-state index contributed by atoms with van der Waals surface area (Å²) in [4.78, 5) is 2.37. The number of likely N-dealkylation sites (tertiary alicyclic amines) is 1. The predicted octanol–water partition coefficient (Wildman–Crippen LogP) is 3.58. The van der Waals surface area contributed by atoms with Gasteiger partial charge in [0.05, 0.1) is 12.6 Å². The second-order valence-electron chi connectivity index (χ2n) is 5.30. The molecule has 0 bridgehead atoms. The van der Waals surface area contributed by atoms with E-state index in [1.165, 1.54) is 11.1 Å². The summed E-state index contributed by atoms with van der Waals surface area (Å²) in [6.45, 7) is 1.56. The molecule has 1 fully saturated rings. The van der Waals surface area contributed by atoms with Gasteiger partial charge in [0.1, 0.15) is 0 Å². The summed E-state index contributed by atoms with van der Waals surface area (Å²) >= 11 is 6.03. The molecule has 0 amide bonds. The van der Waals surface area contributed by atoms with Crippen LogP contribution in [0, 0.1) is 0 Å². The molecule has 2 nitrogen and oxygen atoms in total. The minimum absolute atomic E-state index is 0.0634. The van der Waals surface area contributed by atoms with E-state index in [2.05, 4.69) is 53.4 Å². The topological polar surface area (TPSA) is 23.5 Å². The number of hydrogen-bond acceptors (Lipinski definition) is 2. The highest BCUT2D eigenvalue weighted by molar-refractivity contribution is 6.30. The molecule has 0 unspecified atom stereocenters. The maximum Gasteiger partial charge on any atom is 0.0788 e. The van der Waals surface area contributed by atoms with E-state index < -0.39 is 0 Å². The van der Waals surface area contributed by atoms with Gasteiger partial charge in [-0.2, -0.15) is 0 Å². The highest BCUT2D eigenvalue weighted by Crippen LogP contribution is 2.35. The van der Waals surface area contributed by atoms with Crippen molar-refractivity contribution in [1.82, 2.24) is 4.90 Å². The molecule has 1 N–H and O–H groups in total. The van der Waals surface area contributed by atoms with Crippen molar-refractivity contribution in [3.05, 3.63) is 82.4 Å². The molecule has 0 aliphatic carbocycles. The lowest BCUT2D eigenvalue weighted by Crippen LogP contribution is -2.43. The van der Waals surface area contributed by atoms with Gasteiger partial charge in [0.2, 0.25) is 0 Å². The van der Waals surface area contributed by atoms with Crippen LogP contribution in [0.5, 0.6) is 0 Å². The van der Waals surface area contributed by atoms with Crippen LogP contribution in [0.25, 0.3) is 0 Å². The average Bonchev–Trinajstić information content (AvgIpc) is 2.51. The fraction of sp³-hybridized carbons (Fsp3) is 0.222. The van der Waals surface area contributed by atoms with Crippen molar-refractivity contribution in [2.24, 2.45) is 0 Å². The Labute approximate surface area is 130 Å². The first-order valence-electron chi connectivity index (χ1n) is 7.11. The molecule has 1 aliphatic rings. The van der Waals surface area contributed by atoms with E-state index >= 15 is 0 Å². The van der Waals surface area contributed by atoms with E-state index in [-0.39, 0.29) is 12.6 Å². The van der Waals surface area contributed by atoms with Crippen molar-refractivity contribution < 1.29 is 5.11 Å². The van der Waals surface area contributed by atoms with Crippen LogP contribution >= 0.6 is 11.6 Å². The quantitative estimate of drug-likeness (QED) is 0.933. The normalized spacial score (nSPS) is 15.1. The zero-order valence-corrected chi connectivity index (χ0v) is 12.5. The van der Waals surface area contributed by atoms with Gasteiger partial charge in [0.15, 0.2) is 0 Å². The predicted molar refractivity (Wildman–Crippen MR) is 86.3 cm³/mol. The van der Waals surface area contributed by atoms with E-state index in [4.69, 9.17) is 16.7 Å². The molecule has 0 spiro atoms. The molecule has 3 rings (SSSR count). The lowest BCUT2D eigenvalue weighted by atomic mass is 9.93. The Balaban J connectivity index is 1.89. The molecule has 0 saturated carbocycles. The Bertz CT molecular complexity index is 577. The molecule has 1 aliphatic heterocycles. The van der Waals surface area contributed by atoms with Gasteiger partial charge in [-0.05, 0) is 16.7 Å². The van der Waals surface area contributed by atoms with Gasteiger partial charge in [-0.3, -0.25) is 4.90 Å². The van der Waals surface area contributed by atoms with Gasteiger partial charge in [0, 0.05) is 18.1 Å². The second-order valence-corrected chi connectivity index (χ2v) is 5.75. The third-order valence-corrected chi connectivity index (χ3v) is 4.29. The smallest absolute Gasteiger partial charge is 0.0788 e. The minimum Gasteiger partial charge on any atom is -0.391 e. The SMILES string of the molecule is OCC(Cl)=C1CN(C(c2ccccc2)c2ccccc2)C1. The van der Waals surface area contributed by atoms with E-state index in [1.807, 2.05) is 12.1 Å². The zero-order chi connectivity index (χ0) is 14.7. The number of aliphatic hydroxyl groups excluding tert-OH is 1. The van der Waals surface area contributed by atoms with Crippen molar-refractivity contribution in [3.63, 3.8) is 0 Å². The van der Waals surface area contributed by atoms with Crippen LogP contribution in [-0.4, -0.2) is 29.7 Å². The molecular weight excluding hydrogens is 282 g/mol. The van der Waals surface area contributed by atoms with Crippen LogP contribution < -0.4 is 0 Å². The number of halogens is 1. The second kappa shape index (κ2) is 6.44. The van der Waals surface area contributed by atoms with Gasteiger partial charge < -0.3 is 5.11 Å². The molecule has 1 saturated heterocycles. The van der Waals surface area contributed by atoms with E-state index in [9.17, 15) is 0 Å². The largest absolute Gasteiger partial charge is 0.391 e. The lowest BCUT2D eigenvalue weighted by molar-refractivity contribution is 0.198. The first-order valence-corrected chi connectivity index (χ1v) is 7.48. The molecule has 108 valence electrons. The van der Waals surface area contributed by atoms with Crippen LogP contribution in [-0.2, 0) is 0 Å². The molecule has 3 heteroatoms. The first kappa shape index (κ1) is 14.3. The summed E-state index contributed by atoms with van der Waals surface area (Å²) in [5.74, 6) is 0. The van der Waals surface area contributed by atoms with Gasteiger partial charge in [0.25, 0.3) is 0 Å². The Morgan fingerprint density at radius 3 is 1.86 bits per heavy atom. The van der Waals surface area contributed by atoms with Crippen LogP contribution in [0.3, 0.4) is 0 Å². The Hall–Kier alpha value is -1.61. The molecule has 0 aromatic heterocycles. The highest BCUT2D eigenvalue weighted by atomic mass is 35.5. The van der Waals surface area contributed by atoms with Gasteiger partial charge in [-0.1, -0.05) is 72.3 Å². The fourth-order valence-electron chi connectivity index (χ4n) is 2.79. The van der Waals surface area contributed by atoms with Crippen molar-refractivity contribution in [1.29, 1.82) is 0 Å². The number of aliphatic hydroxyl groups is 1. The van der Waals surface area contributed by atoms with E-state index in [1.54, 1.807) is 0 Å². The third kappa shape index (κ3) is 3.03. The number of benzene rings is 2. The summed E-state index contributed by atoms with van der Waals surface area (Å²) < 4.78 is 0. The molecule has 2 aromatic rings. The summed E-state index contributed by atoms with van der Waals surface area (Å²) in [5, 5.41) is 9.71. The first-order chi connectivity index (χ1) is 10.3. The maximum absolute atomic E-state index is 9.12. The van der Waals surface area contributed by atoms with Crippen molar-refractivity contribution in [3.8, 4) is 0 Å². The van der Waals surface area contributed by atoms with Crippen LogP contribution in [0.4, 0.5) is 0 Å². The van der Waals surface area contributed by atoms with Gasteiger partial charge >= 0.3 is 0 Å². The summed E-state index contributed by atoms with van der Waals surface area (Å²) in [7, 11) is 0. The number of nitrogens with zero attached hydrogens (tertiary/aromatic N) is 1. The highest BCUT2D eigenvalue weighted by Gasteiger charge is 2.31. The Morgan fingerprint density at radius 2 is 1.43 bits per heavy atom. The standard InChI is InChI=1S/C18H18ClNO/c19-17(13-21)16-11-20(12-16)18(14-7-3-1-4-8-14)15-9-5-2-6-10-15/h1-10,18,21H,11-13H2. The average molecular weight is 300 g/mol. The van der Waals surface area contributed by atoms with Crippen LogP contribution in [0.1, 0.15) is 17.2 Å². The fourth-order valence-corrected chi connectivity index (χ4v) is 2.91. The molecular formula is C18H18ClNO. The lowest BCUT2D eigenvalue weighted by Gasteiger charge is -2.41. The summed E-state index contributed by atoms with van der Waals surface area (Å²) in [5.41, 5.74) is 3.70.